The molecule has 1 saturated carbocycles. The van der Waals surface area contributed by atoms with Gasteiger partial charge in [0.15, 0.2) is 18.2 Å². The minimum absolute atomic E-state index is 0.0369. The van der Waals surface area contributed by atoms with Crippen molar-refractivity contribution in [2.45, 2.75) is 32.4 Å². The summed E-state index contributed by atoms with van der Waals surface area (Å²) < 4.78 is 18.8. The molecule has 1 N–H and O–H groups in total. The van der Waals surface area contributed by atoms with Crippen molar-refractivity contribution in [3.05, 3.63) is 29.6 Å². The summed E-state index contributed by atoms with van der Waals surface area (Å²) in [7, 11) is 0. The van der Waals surface area contributed by atoms with Crippen molar-refractivity contribution >= 4 is 5.91 Å². The van der Waals surface area contributed by atoms with Crippen molar-refractivity contribution in [3.8, 4) is 5.75 Å². The van der Waals surface area contributed by atoms with E-state index < -0.39 is 5.82 Å². The summed E-state index contributed by atoms with van der Waals surface area (Å²) in [4.78, 5) is 13.7. The summed E-state index contributed by atoms with van der Waals surface area (Å²) in [6.07, 6.45) is 2.06. The molecule has 0 aliphatic heterocycles. The molecule has 1 aromatic rings. The molecule has 0 radical (unpaired) electrons. The van der Waals surface area contributed by atoms with Gasteiger partial charge in [-0.25, -0.2) is 4.39 Å². The van der Waals surface area contributed by atoms with Crippen LogP contribution in [0.5, 0.6) is 5.75 Å². The molecule has 2 rings (SSSR count). The summed E-state index contributed by atoms with van der Waals surface area (Å²) in [5.41, 5.74) is 0.349. The second-order valence-corrected chi connectivity index (χ2v) is 4.59. The molecule has 5 heteroatoms. The van der Waals surface area contributed by atoms with Crippen LogP contribution in [0.15, 0.2) is 18.2 Å². The average molecular weight is 267 g/mol. The Morgan fingerprint density at radius 3 is 2.84 bits per heavy atom. The van der Waals surface area contributed by atoms with Crippen LogP contribution >= 0.6 is 0 Å². The zero-order valence-corrected chi connectivity index (χ0v) is 10.9. The number of rotatable bonds is 6. The number of para-hydroxylation sites is 1. The summed E-state index contributed by atoms with van der Waals surface area (Å²) in [5, 5.41) is 9.12. The molecule has 0 saturated heterocycles. The third-order valence-corrected chi connectivity index (χ3v) is 3.21. The Morgan fingerprint density at radius 1 is 1.53 bits per heavy atom. The van der Waals surface area contributed by atoms with Crippen LogP contribution in [0.4, 0.5) is 4.39 Å². The Balaban J connectivity index is 2.00. The van der Waals surface area contributed by atoms with Gasteiger partial charge < -0.3 is 14.7 Å². The van der Waals surface area contributed by atoms with Gasteiger partial charge in [0, 0.05) is 18.2 Å². The van der Waals surface area contributed by atoms with E-state index in [1.165, 1.54) is 12.1 Å². The fourth-order valence-corrected chi connectivity index (χ4v) is 2.08. The predicted molar refractivity (Wildman–Crippen MR) is 68.2 cm³/mol. The molecule has 4 nitrogen and oxygen atoms in total. The summed E-state index contributed by atoms with van der Waals surface area (Å²) in [6.45, 7) is 2.04. The minimum Gasteiger partial charge on any atom is -0.480 e. The van der Waals surface area contributed by atoms with E-state index in [2.05, 4.69) is 0 Å². The van der Waals surface area contributed by atoms with Crippen molar-refractivity contribution in [1.82, 2.24) is 4.90 Å². The van der Waals surface area contributed by atoms with E-state index in [1.807, 2.05) is 6.92 Å². The number of hydrogen-bond acceptors (Lipinski definition) is 3. The molecular weight excluding hydrogens is 249 g/mol. The number of benzene rings is 1. The lowest BCUT2D eigenvalue weighted by Crippen LogP contribution is -2.36. The van der Waals surface area contributed by atoms with Gasteiger partial charge in [0.1, 0.15) is 0 Å². The normalized spacial score (nSPS) is 14.3. The fraction of sp³-hybridized carbons (Fsp3) is 0.500. The van der Waals surface area contributed by atoms with Crippen LogP contribution in [0.2, 0.25) is 0 Å². The van der Waals surface area contributed by atoms with Gasteiger partial charge in [-0.15, -0.1) is 0 Å². The van der Waals surface area contributed by atoms with Gasteiger partial charge >= 0.3 is 0 Å². The molecule has 0 unspecified atom stereocenters. The lowest BCUT2D eigenvalue weighted by Gasteiger charge is -2.20. The molecule has 0 bridgehead atoms. The Hall–Kier alpha value is -1.62. The molecule has 0 atom stereocenters. The van der Waals surface area contributed by atoms with Gasteiger partial charge in [-0.1, -0.05) is 12.1 Å². The number of aliphatic hydroxyl groups excluding tert-OH is 1. The van der Waals surface area contributed by atoms with Gasteiger partial charge in [0.25, 0.3) is 5.91 Å². The first-order valence-electron chi connectivity index (χ1n) is 6.47. The Bertz CT molecular complexity index is 460. The molecule has 19 heavy (non-hydrogen) atoms. The van der Waals surface area contributed by atoms with Crippen LogP contribution in [0, 0.1) is 5.82 Å². The highest BCUT2D eigenvalue weighted by Crippen LogP contribution is 2.27. The predicted octanol–water partition coefficient (Wildman–Crippen LogP) is 1.71. The van der Waals surface area contributed by atoms with Crippen molar-refractivity contribution in [1.29, 1.82) is 0 Å². The first-order valence-corrected chi connectivity index (χ1v) is 6.47. The maximum absolute atomic E-state index is 13.6. The van der Waals surface area contributed by atoms with Crippen LogP contribution in [0.3, 0.4) is 0 Å². The number of halogens is 1. The Labute approximate surface area is 111 Å². The minimum atomic E-state index is -0.561. The van der Waals surface area contributed by atoms with Crippen LogP contribution in [0.1, 0.15) is 25.3 Å². The molecular formula is C14H18FNO3. The van der Waals surface area contributed by atoms with Gasteiger partial charge in [-0.05, 0) is 25.8 Å². The SMILES string of the molecule is CCN(C(=O)COc1c(F)cccc1CO)C1CC1. The molecule has 1 aliphatic carbocycles. The number of ether oxygens (including phenoxy) is 1. The standard InChI is InChI=1S/C14H18FNO3/c1-2-16(11-6-7-11)13(18)9-19-14-10(8-17)4-3-5-12(14)15/h3-5,11,17H,2,6-9H2,1H3. The number of nitrogens with zero attached hydrogens (tertiary/aromatic N) is 1. The number of carbonyl (C=O) groups excluding carboxylic acids is 1. The summed E-state index contributed by atoms with van der Waals surface area (Å²) in [6, 6.07) is 4.63. The molecule has 1 aromatic carbocycles. The zero-order chi connectivity index (χ0) is 13.8. The number of hydrogen-bond donors (Lipinski definition) is 1. The second kappa shape index (κ2) is 6.02. The highest BCUT2D eigenvalue weighted by molar-refractivity contribution is 5.78. The van der Waals surface area contributed by atoms with Gasteiger partial charge in [0.2, 0.25) is 0 Å². The van der Waals surface area contributed by atoms with Crippen LogP contribution in [-0.2, 0) is 11.4 Å². The van der Waals surface area contributed by atoms with E-state index in [-0.39, 0.29) is 24.9 Å². The zero-order valence-electron chi connectivity index (χ0n) is 10.9. The highest BCUT2D eigenvalue weighted by atomic mass is 19.1. The first kappa shape index (κ1) is 13.8. The molecule has 0 aromatic heterocycles. The number of amides is 1. The highest BCUT2D eigenvalue weighted by Gasteiger charge is 2.31. The fourth-order valence-electron chi connectivity index (χ4n) is 2.08. The molecule has 1 amide bonds. The topological polar surface area (TPSA) is 49.8 Å². The van der Waals surface area contributed by atoms with Crippen LogP contribution in [-0.4, -0.2) is 35.1 Å². The van der Waals surface area contributed by atoms with Crippen LogP contribution < -0.4 is 4.74 Å². The van der Waals surface area contributed by atoms with Crippen LogP contribution in [0.25, 0.3) is 0 Å². The largest absolute Gasteiger partial charge is 0.480 e. The van der Waals surface area contributed by atoms with E-state index in [0.29, 0.717) is 18.2 Å². The summed E-state index contributed by atoms with van der Waals surface area (Å²) >= 11 is 0. The molecule has 1 aliphatic rings. The van der Waals surface area contributed by atoms with Crippen molar-refractivity contribution in [3.63, 3.8) is 0 Å². The van der Waals surface area contributed by atoms with E-state index in [4.69, 9.17) is 9.84 Å². The maximum Gasteiger partial charge on any atom is 0.260 e. The average Bonchev–Trinajstić information content (AvgIpc) is 3.22. The smallest absolute Gasteiger partial charge is 0.260 e. The third-order valence-electron chi connectivity index (χ3n) is 3.21. The van der Waals surface area contributed by atoms with Crippen molar-refractivity contribution in [2.75, 3.05) is 13.2 Å². The lowest BCUT2D eigenvalue weighted by molar-refractivity contribution is -0.133. The molecule has 104 valence electrons. The number of likely N-dealkylation sites (N-methyl/N-ethyl adjacent to an activating group) is 1. The summed E-state index contributed by atoms with van der Waals surface area (Å²) in [5.74, 6) is -0.740. The van der Waals surface area contributed by atoms with Crippen molar-refractivity contribution < 1.29 is 19.0 Å². The monoisotopic (exact) mass is 267 g/mol. The third kappa shape index (κ3) is 3.23. The van der Waals surface area contributed by atoms with E-state index >= 15 is 0 Å². The molecule has 0 spiro atoms. The van der Waals surface area contributed by atoms with Gasteiger partial charge in [-0.2, -0.15) is 0 Å². The van der Waals surface area contributed by atoms with E-state index in [0.717, 1.165) is 12.8 Å². The number of carbonyl (C=O) groups is 1. The van der Waals surface area contributed by atoms with E-state index in [9.17, 15) is 9.18 Å². The Morgan fingerprint density at radius 2 is 2.26 bits per heavy atom. The molecule has 0 heterocycles. The first-order chi connectivity index (χ1) is 9.17. The molecule has 1 fully saturated rings. The quantitative estimate of drug-likeness (QED) is 0.853. The van der Waals surface area contributed by atoms with Gasteiger partial charge in [0.05, 0.1) is 6.61 Å². The van der Waals surface area contributed by atoms with Gasteiger partial charge in [-0.3, -0.25) is 4.79 Å². The van der Waals surface area contributed by atoms with Crippen molar-refractivity contribution in [2.24, 2.45) is 0 Å². The maximum atomic E-state index is 13.6. The van der Waals surface area contributed by atoms with E-state index in [1.54, 1.807) is 11.0 Å². The lowest BCUT2D eigenvalue weighted by atomic mass is 10.2. The second-order valence-electron chi connectivity index (χ2n) is 4.59. The number of aliphatic hydroxyl groups is 1. The Kier molecular flexibility index (Phi) is 4.37.